The predicted octanol–water partition coefficient (Wildman–Crippen LogP) is 2.75. The Balaban J connectivity index is 1.22. The van der Waals surface area contributed by atoms with Gasteiger partial charge in [0.15, 0.2) is 5.13 Å². The van der Waals surface area contributed by atoms with Crippen LogP contribution in [0.15, 0.2) is 48.5 Å². The van der Waals surface area contributed by atoms with Crippen molar-refractivity contribution in [3.8, 4) is 5.75 Å². The lowest BCUT2D eigenvalue weighted by Gasteiger charge is -2.36. The van der Waals surface area contributed by atoms with Crippen molar-refractivity contribution >= 4 is 38.5 Å². The third kappa shape index (κ3) is 3.88. The van der Waals surface area contributed by atoms with Gasteiger partial charge in [-0.05, 0) is 29.8 Å². The van der Waals surface area contributed by atoms with Crippen molar-refractivity contribution in [1.29, 1.82) is 0 Å². The normalized spacial score (nSPS) is 20.1. The predicted molar refractivity (Wildman–Crippen MR) is 120 cm³/mol. The van der Waals surface area contributed by atoms with E-state index in [1.807, 2.05) is 42.5 Å². The molecule has 0 radical (unpaired) electrons. The number of thiazole rings is 1. The number of likely N-dealkylation sites (tertiary alicyclic amines) is 1. The average Bonchev–Trinajstić information content (AvgIpc) is 3.36. The third-order valence-electron chi connectivity index (χ3n) is 6.03. The van der Waals surface area contributed by atoms with Crippen molar-refractivity contribution < 1.29 is 14.3 Å². The van der Waals surface area contributed by atoms with Gasteiger partial charge in [-0.2, -0.15) is 0 Å². The largest absolute Gasteiger partial charge is 0.497 e. The number of hydrogen-bond donors (Lipinski definition) is 0. The maximum Gasteiger partial charge on any atom is 0.247 e. The van der Waals surface area contributed by atoms with Gasteiger partial charge in [0.25, 0.3) is 0 Å². The molecule has 8 heteroatoms. The third-order valence-corrected chi connectivity index (χ3v) is 7.13. The minimum atomic E-state index is -0.358. The summed E-state index contributed by atoms with van der Waals surface area (Å²) in [4.78, 5) is 36.2. The van der Waals surface area contributed by atoms with Gasteiger partial charge in [-0.15, -0.1) is 0 Å². The molecule has 0 N–H and O–H groups in total. The van der Waals surface area contributed by atoms with Gasteiger partial charge in [-0.25, -0.2) is 4.98 Å². The van der Waals surface area contributed by atoms with Crippen LogP contribution in [0, 0.1) is 0 Å². The van der Waals surface area contributed by atoms with Gasteiger partial charge < -0.3 is 9.64 Å². The summed E-state index contributed by atoms with van der Waals surface area (Å²) in [6.45, 7) is 3.41. The molecule has 2 aliphatic rings. The van der Waals surface area contributed by atoms with E-state index in [1.54, 1.807) is 18.4 Å². The van der Waals surface area contributed by atoms with Crippen LogP contribution >= 0.6 is 11.3 Å². The maximum absolute atomic E-state index is 13.0. The second-order valence-electron chi connectivity index (χ2n) is 7.87. The van der Waals surface area contributed by atoms with E-state index in [1.165, 1.54) is 9.60 Å². The number of aromatic nitrogens is 1. The lowest BCUT2D eigenvalue weighted by atomic mass is 10.2. The number of anilines is 1. The van der Waals surface area contributed by atoms with Crippen LogP contribution in [-0.2, 0) is 16.1 Å². The highest BCUT2D eigenvalue weighted by Crippen LogP contribution is 2.30. The summed E-state index contributed by atoms with van der Waals surface area (Å²) in [6, 6.07) is 15.3. The Labute approximate surface area is 184 Å². The van der Waals surface area contributed by atoms with Crippen LogP contribution in [-0.4, -0.2) is 65.9 Å². The lowest BCUT2D eigenvalue weighted by molar-refractivity contribution is -0.140. The minimum Gasteiger partial charge on any atom is -0.497 e. The number of para-hydroxylation sites is 1. The van der Waals surface area contributed by atoms with Crippen LogP contribution in [0.1, 0.15) is 12.0 Å². The summed E-state index contributed by atoms with van der Waals surface area (Å²) in [6.07, 6.45) is 0.260. The molecule has 160 valence electrons. The molecule has 2 amide bonds. The molecular weight excluding hydrogens is 412 g/mol. The fraction of sp³-hybridized carbons (Fsp3) is 0.348. The highest BCUT2D eigenvalue weighted by atomic mass is 32.1. The molecule has 2 aliphatic heterocycles. The van der Waals surface area contributed by atoms with E-state index in [4.69, 9.17) is 9.72 Å². The van der Waals surface area contributed by atoms with Crippen LogP contribution in [0.2, 0.25) is 0 Å². The molecule has 1 atom stereocenters. The monoisotopic (exact) mass is 436 g/mol. The average molecular weight is 437 g/mol. The molecule has 5 rings (SSSR count). The molecule has 1 unspecified atom stereocenters. The van der Waals surface area contributed by atoms with Crippen molar-refractivity contribution in [3.05, 3.63) is 54.1 Å². The summed E-state index contributed by atoms with van der Waals surface area (Å²) in [7, 11) is 1.61. The van der Waals surface area contributed by atoms with Gasteiger partial charge in [0, 0.05) is 26.2 Å². The van der Waals surface area contributed by atoms with E-state index < -0.39 is 0 Å². The number of ether oxygens (including phenoxy) is 1. The molecule has 3 heterocycles. The summed E-state index contributed by atoms with van der Waals surface area (Å²) >= 11 is 1.70. The molecule has 2 saturated heterocycles. The van der Waals surface area contributed by atoms with E-state index in [-0.39, 0.29) is 24.3 Å². The molecule has 2 aromatic carbocycles. The number of carbonyl (C=O) groups is 2. The number of amides is 2. The summed E-state index contributed by atoms with van der Waals surface area (Å²) < 4.78 is 6.36. The molecule has 31 heavy (non-hydrogen) atoms. The number of imide groups is 1. The molecule has 2 fully saturated rings. The number of benzene rings is 2. The molecular formula is C23H24N4O3S. The zero-order chi connectivity index (χ0) is 21.4. The molecule has 0 saturated carbocycles. The first kappa shape index (κ1) is 20.0. The number of nitrogens with zero attached hydrogens (tertiary/aromatic N) is 4. The van der Waals surface area contributed by atoms with Crippen molar-refractivity contribution in [3.63, 3.8) is 0 Å². The number of fused-ring (bicyclic) bond motifs is 1. The first-order valence-corrected chi connectivity index (χ1v) is 11.3. The Morgan fingerprint density at radius 2 is 1.77 bits per heavy atom. The van der Waals surface area contributed by atoms with Gasteiger partial charge in [-0.1, -0.05) is 35.6 Å². The summed E-state index contributed by atoms with van der Waals surface area (Å²) in [5.41, 5.74) is 1.94. The molecule has 7 nitrogen and oxygen atoms in total. The van der Waals surface area contributed by atoms with Crippen molar-refractivity contribution in [2.75, 3.05) is 38.2 Å². The molecule has 3 aromatic rings. The number of methoxy groups -OCH3 is 1. The van der Waals surface area contributed by atoms with Crippen LogP contribution in [0.4, 0.5) is 5.13 Å². The molecule has 1 aromatic heterocycles. The van der Waals surface area contributed by atoms with Crippen molar-refractivity contribution in [1.82, 2.24) is 14.8 Å². The second-order valence-corrected chi connectivity index (χ2v) is 8.88. The van der Waals surface area contributed by atoms with Gasteiger partial charge in [0.1, 0.15) is 5.75 Å². The molecule has 0 bridgehead atoms. The topological polar surface area (TPSA) is 66.0 Å². The fourth-order valence-electron chi connectivity index (χ4n) is 4.25. The highest BCUT2D eigenvalue weighted by molar-refractivity contribution is 7.22. The van der Waals surface area contributed by atoms with Crippen LogP contribution < -0.4 is 9.64 Å². The van der Waals surface area contributed by atoms with Gasteiger partial charge in [0.2, 0.25) is 11.8 Å². The Morgan fingerprint density at radius 1 is 1.03 bits per heavy atom. The maximum atomic E-state index is 13.0. The molecule has 0 aliphatic carbocycles. The summed E-state index contributed by atoms with van der Waals surface area (Å²) in [5, 5.41) is 1.02. The van der Waals surface area contributed by atoms with Crippen LogP contribution in [0.3, 0.4) is 0 Å². The smallest absolute Gasteiger partial charge is 0.247 e. The Kier molecular flexibility index (Phi) is 5.33. The lowest BCUT2D eigenvalue weighted by Crippen LogP contribution is -2.52. The van der Waals surface area contributed by atoms with E-state index in [2.05, 4.69) is 15.9 Å². The first-order valence-electron chi connectivity index (χ1n) is 10.4. The number of hydrogen-bond acceptors (Lipinski definition) is 7. The van der Waals surface area contributed by atoms with E-state index >= 15 is 0 Å². The highest BCUT2D eigenvalue weighted by Gasteiger charge is 2.42. The number of rotatable bonds is 5. The first-order chi connectivity index (χ1) is 15.1. The number of piperazine rings is 1. The standard InChI is InChI=1S/C23H24N4O3S/c1-30-17-8-6-16(7-9-17)15-27-21(28)14-19(22(27)29)25-10-12-26(13-11-25)23-24-18-4-2-3-5-20(18)31-23/h2-9,19H,10-15H2,1H3. The van der Waals surface area contributed by atoms with Gasteiger partial charge in [0.05, 0.1) is 36.3 Å². The Morgan fingerprint density at radius 3 is 2.48 bits per heavy atom. The van der Waals surface area contributed by atoms with Crippen molar-refractivity contribution in [2.24, 2.45) is 0 Å². The van der Waals surface area contributed by atoms with Gasteiger partial charge >= 0.3 is 0 Å². The van der Waals surface area contributed by atoms with Crippen LogP contribution in [0.25, 0.3) is 10.2 Å². The number of carbonyl (C=O) groups excluding carboxylic acids is 2. The summed E-state index contributed by atoms with van der Waals surface area (Å²) in [5.74, 6) is 0.570. The van der Waals surface area contributed by atoms with E-state index in [0.717, 1.165) is 48.1 Å². The Bertz CT molecular complexity index is 1070. The van der Waals surface area contributed by atoms with Crippen molar-refractivity contribution in [2.45, 2.75) is 19.0 Å². The van der Waals surface area contributed by atoms with E-state index in [0.29, 0.717) is 6.54 Å². The van der Waals surface area contributed by atoms with Crippen LogP contribution in [0.5, 0.6) is 5.75 Å². The zero-order valence-corrected chi connectivity index (χ0v) is 18.2. The van der Waals surface area contributed by atoms with Gasteiger partial charge in [-0.3, -0.25) is 19.4 Å². The fourth-order valence-corrected chi connectivity index (χ4v) is 5.27. The Hall–Kier alpha value is -2.97. The second kappa shape index (κ2) is 8.28. The quantitative estimate of drug-likeness (QED) is 0.573. The zero-order valence-electron chi connectivity index (χ0n) is 17.4. The van der Waals surface area contributed by atoms with E-state index in [9.17, 15) is 9.59 Å². The molecule has 0 spiro atoms. The SMILES string of the molecule is COc1ccc(CN2C(=O)CC(N3CCN(c4nc5ccccc5s4)CC3)C2=O)cc1. The minimum absolute atomic E-state index is 0.0887.